The molecule has 2 aliphatic heterocycles. The molecule has 35 heavy (non-hydrogen) atoms. The van der Waals surface area contributed by atoms with E-state index in [1.165, 1.54) is 0 Å². The molecule has 1 saturated heterocycles. The van der Waals surface area contributed by atoms with E-state index in [0.717, 1.165) is 17.5 Å². The third kappa shape index (κ3) is 4.72. The zero-order chi connectivity index (χ0) is 24.5. The van der Waals surface area contributed by atoms with Crippen molar-refractivity contribution in [2.24, 2.45) is 0 Å². The van der Waals surface area contributed by atoms with Crippen LogP contribution in [0.2, 0.25) is 5.02 Å². The van der Waals surface area contributed by atoms with Crippen LogP contribution < -0.4 is 5.32 Å². The SMILES string of the molecule is CC(=O)N1CCCN(C(=O)c2cccc(-c3ccc(C=C4C(=O)Nc5ccc(Cl)cc54)o3)c2)CC1. The first-order chi connectivity index (χ1) is 16.9. The van der Waals surface area contributed by atoms with Crippen LogP contribution >= 0.6 is 11.6 Å². The van der Waals surface area contributed by atoms with Crippen LogP contribution in [0.25, 0.3) is 23.0 Å². The highest BCUT2D eigenvalue weighted by atomic mass is 35.5. The Morgan fingerprint density at radius 1 is 1.00 bits per heavy atom. The van der Waals surface area contributed by atoms with Crippen LogP contribution in [0.5, 0.6) is 0 Å². The number of rotatable bonds is 3. The zero-order valence-corrected chi connectivity index (χ0v) is 20.0. The van der Waals surface area contributed by atoms with Gasteiger partial charge in [0.15, 0.2) is 0 Å². The number of fused-ring (bicyclic) bond motifs is 1. The molecule has 0 atom stereocenters. The van der Waals surface area contributed by atoms with E-state index in [1.807, 2.05) is 24.3 Å². The minimum atomic E-state index is -0.214. The minimum absolute atomic E-state index is 0.0339. The summed E-state index contributed by atoms with van der Waals surface area (Å²) >= 11 is 6.11. The molecule has 2 aromatic carbocycles. The van der Waals surface area contributed by atoms with Crippen molar-refractivity contribution in [3.63, 3.8) is 0 Å². The first-order valence-corrected chi connectivity index (χ1v) is 11.8. The van der Waals surface area contributed by atoms with Gasteiger partial charge in [0, 0.05) is 60.5 Å². The van der Waals surface area contributed by atoms with Crippen LogP contribution in [0.1, 0.15) is 35.0 Å². The summed E-state index contributed by atoms with van der Waals surface area (Å²) in [4.78, 5) is 40.9. The second-order valence-electron chi connectivity index (χ2n) is 8.64. The molecule has 178 valence electrons. The molecule has 2 aliphatic rings. The average Bonchev–Trinajstić information content (AvgIpc) is 3.33. The highest BCUT2D eigenvalue weighted by molar-refractivity contribution is 6.36. The van der Waals surface area contributed by atoms with E-state index in [0.29, 0.717) is 59.5 Å². The predicted molar refractivity (Wildman–Crippen MR) is 135 cm³/mol. The lowest BCUT2D eigenvalue weighted by Crippen LogP contribution is -2.36. The van der Waals surface area contributed by atoms with Crippen molar-refractivity contribution < 1.29 is 18.8 Å². The Hall–Kier alpha value is -3.84. The standard InChI is InChI=1S/C27H24ClN3O4/c1-17(32)30-10-3-11-31(13-12-30)27(34)19-5-2-4-18(14-19)25-9-7-21(35-25)16-23-22-15-20(28)6-8-24(22)29-26(23)33/h2,4-9,14-16H,3,10-13H2,1H3,(H,29,33). The van der Waals surface area contributed by atoms with Gasteiger partial charge in [-0.3, -0.25) is 14.4 Å². The van der Waals surface area contributed by atoms with E-state index in [-0.39, 0.29) is 17.7 Å². The second-order valence-corrected chi connectivity index (χ2v) is 9.07. The van der Waals surface area contributed by atoms with Gasteiger partial charge in [-0.05, 0) is 55.0 Å². The lowest BCUT2D eigenvalue weighted by molar-refractivity contribution is -0.128. The van der Waals surface area contributed by atoms with Crippen LogP contribution in [0, 0.1) is 0 Å². The van der Waals surface area contributed by atoms with Gasteiger partial charge in [-0.1, -0.05) is 23.7 Å². The van der Waals surface area contributed by atoms with Crippen molar-refractivity contribution >= 4 is 46.7 Å². The molecule has 1 fully saturated rings. The smallest absolute Gasteiger partial charge is 0.256 e. The summed E-state index contributed by atoms with van der Waals surface area (Å²) in [6.07, 6.45) is 2.44. The second kappa shape index (κ2) is 9.43. The summed E-state index contributed by atoms with van der Waals surface area (Å²) < 4.78 is 6.01. The van der Waals surface area contributed by atoms with Crippen molar-refractivity contribution in [3.05, 3.63) is 76.5 Å². The van der Waals surface area contributed by atoms with Crippen molar-refractivity contribution in [2.75, 3.05) is 31.5 Å². The lowest BCUT2D eigenvalue weighted by atomic mass is 10.1. The van der Waals surface area contributed by atoms with E-state index in [2.05, 4.69) is 5.32 Å². The molecule has 5 rings (SSSR count). The highest BCUT2D eigenvalue weighted by Crippen LogP contribution is 2.35. The van der Waals surface area contributed by atoms with Gasteiger partial charge in [-0.25, -0.2) is 0 Å². The number of nitrogens with zero attached hydrogens (tertiary/aromatic N) is 2. The van der Waals surface area contributed by atoms with Crippen molar-refractivity contribution in [1.82, 2.24) is 9.80 Å². The summed E-state index contributed by atoms with van der Waals surface area (Å²) in [6.45, 7) is 3.88. The molecule has 0 aliphatic carbocycles. The molecule has 7 nitrogen and oxygen atoms in total. The lowest BCUT2D eigenvalue weighted by Gasteiger charge is -2.21. The predicted octanol–water partition coefficient (Wildman–Crippen LogP) is 4.79. The average molecular weight is 490 g/mol. The number of nitrogens with one attached hydrogen (secondary N) is 1. The maximum atomic E-state index is 13.2. The van der Waals surface area contributed by atoms with Gasteiger partial charge in [0.1, 0.15) is 11.5 Å². The van der Waals surface area contributed by atoms with Gasteiger partial charge in [0.05, 0.1) is 5.57 Å². The molecule has 8 heteroatoms. The van der Waals surface area contributed by atoms with E-state index in [9.17, 15) is 14.4 Å². The molecule has 3 heterocycles. The van der Waals surface area contributed by atoms with Gasteiger partial charge in [-0.2, -0.15) is 0 Å². The first-order valence-electron chi connectivity index (χ1n) is 11.5. The topological polar surface area (TPSA) is 82.9 Å². The van der Waals surface area contributed by atoms with Crippen LogP contribution in [-0.2, 0) is 9.59 Å². The normalized spacial score (nSPS) is 16.7. The van der Waals surface area contributed by atoms with Gasteiger partial charge in [0.25, 0.3) is 11.8 Å². The Labute approximate surface area is 208 Å². The van der Waals surface area contributed by atoms with Gasteiger partial charge in [-0.15, -0.1) is 0 Å². The largest absolute Gasteiger partial charge is 0.457 e. The number of hydrogen-bond acceptors (Lipinski definition) is 4. The molecule has 0 radical (unpaired) electrons. The number of anilines is 1. The Morgan fingerprint density at radius 2 is 1.80 bits per heavy atom. The van der Waals surface area contributed by atoms with E-state index in [1.54, 1.807) is 53.1 Å². The Morgan fingerprint density at radius 3 is 2.63 bits per heavy atom. The molecule has 0 spiro atoms. The van der Waals surface area contributed by atoms with Crippen LogP contribution in [0.4, 0.5) is 5.69 Å². The van der Waals surface area contributed by atoms with E-state index < -0.39 is 0 Å². The molecular weight excluding hydrogens is 466 g/mol. The number of benzene rings is 2. The van der Waals surface area contributed by atoms with Crippen LogP contribution in [-0.4, -0.2) is 53.7 Å². The van der Waals surface area contributed by atoms with E-state index in [4.69, 9.17) is 16.0 Å². The van der Waals surface area contributed by atoms with Crippen LogP contribution in [0.3, 0.4) is 0 Å². The zero-order valence-electron chi connectivity index (χ0n) is 19.2. The molecule has 0 bridgehead atoms. The number of carbonyl (C=O) groups is 3. The Kier molecular flexibility index (Phi) is 6.17. The number of hydrogen-bond donors (Lipinski definition) is 1. The molecule has 0 saturated carbocycles. The van der Waals surface area contributed by atoms with Crippen LogP contribution in [0.15, 0.2) is 59.0 Å². The monoisotopic (exact) mass is 489 g/mol. The summed E-state index contributed by atoms with van der Waals surface area (Å²) in [5.41, 5.74) is 3.25. The quantitative estimate of drug-likeness (QED) is 0.536. The molecule has 3 aromatic rings. The maximum Gasteiger partial charge on any atom is 0.256 e. The van der Waals surface area contributed by atoms with E-state index >= 15 is 0 Å². The fourth-order valence-electron chi connectivity index (χ4n) is 4.45. The summed E-state index contributed by atoms with van der Waals surface area (Å²) in [5, 5.41) is 3.37. The number of carbonyl (C=O) groups excluding carboxylic acids is 3. The maximum absolute atomic E-state index is 13.2. The first kappa shape index (κ1) is 22.9. The van der Waals surface area contributed by atoms with Gasteiger partial charge < -0.3 is 19.5 Å². The number of halogens is 1. The Bertz CT molecular complexity index is 1360. The summed E-state index contributed by atoms with van der Waals surface area (Å²) in [7, 11) is 0. The molecule has 1 aromatic heterocycles. The summed E-state index contributed by atoms with van der Waals surface area (Å²) in [6, 6.07) is 16.2. The Balaban J connectivity index is 1.36. The van der Waals surface area contributed by atoms with Gasteiger partial charge >= 0.3 is 0 Å². The fraction of sp³-hybridized carbons (Fsp3) is 0.222. The van der Waals surface area contributed by atoms with Crippen molar-refractivity contribution in [1.29, 1.82) is 0 Å². The molecule has 0 unspecified atom stereocenters. The summed E-state index contributed by atoms with van der Waals surface area (Å²) in [5.74, 6) is 0.865. The number of furan rings is 1. The third-order valence-corrected chi connectivity index (χ3v) is 6.54. The number of amides is 3. The third-order valence-electron chi connectivity index (χ3n) is 6.30. The molecular formula is C27H24ClN3O4. The van der Waals surface area contributed by atoms with Crippen molar-refractivity contribution in [2.45, 2.75) is 13.3 Å². The fourth-order valence-corrected chi connectivity index (χ4v) is 4.63. The van der Waals surface area contributed by atoms with Crippen molar-refractivity contribution in [3.8, 4) is 11.3 Å². The molecule has 3 amide bonds. The highest BCUT2D eigenvalue weighted by Gasteiger charge is 2.25. The molecule has 1 N–H and O–H groups in total. The van der Waals surface area contributed by atoms with Gasteiger partial charge in [0.2, 0.25) is 5.91 Å². The minimum Gasteiger partial charge on any atom is -0.457 e.